The van der Waals surface area contributed by atoms with Crippen LogP contribution in [-0.2, 0) is 14.8 Å². The summed E-state index contributed by atoms with van der Waals surface area (Å²) in [5.41, 5.74) is 3.68. The van der Waals surface area contributed by atoms with E-state index in [1.54, 1.807) is 33.5 Å². The molecule has 2 aliphatic rings. The molecule has 0 aliphatic carbocycles. The Kier molecular flexibility index (Phi) is 8.44. The van der Waals surface area contributed by atoms with Crippen molar-refractivity contribution in [3.8, 4) is 0 Å². The summed E-state index contributed by atoms with van der Waals surface area (Å²) in [5.74, 6) is -0.165. The molecule has 2 aromatic carbocycles. The van der Waals surface area contributed by atoms with Crippen LogP contribution in [0.3, 0.4) is 0 Å². The van der Waals surface area contributed by atoms with Gasteiger partial charge in [-0.05, 0) is 74.6 Å². The molecule has 1 amide bonds. The lowest BCUT2D eigenvalue weighted by atomic mass is 10.1. The molecule has 0 bridgehead atoms. The average molecular weight is 557 g/mol. The largest absolute Gasteiger partial charge is 0.379 e. The number of nitrogens with zero attached hydrogens (tertiary/aromatic N) is 4. The molecule has 3 aromatic rings. The molecule has 5 rings (SSSR count). The molecule has 0 spiro atoms. The number of rotatable bonds is 8. The molecule has 10 heteroatoms. The Hall–Kier alpha value is -2.37. The third kappa shape index (κ3) is 5.79. The van der Waals surface area contributed by atoms with E-state index in [0.717, 1.165) is 74.3 Å². The second-order valence-corrected chi connectivity index (χ2v) is 13.1. The van der Waals surface area contributed by atoms with E-state index in [0.29, 0.717) is 30.3 Å². The van der Waals surface area contributed by atoms with Gasteiger partial charge in [0, 0.05) is 44.8 Å². The monoisotopic (exact) mass is 556 g/mol. The Morgan fingerprint density at radius 3 is 2.42 bits per heavy atom. The van der Waals surface area contributed by atoms with Crippen molar-refractivity contribution in [3.63, 3.8) is 0 Å². The molecule has 0 N–H and O–H groups in total. The molecule has 1 aromatic heterocycles. The summed E-state index contributed by atoms with van der Waals surface area (Å²) in [5, 5.41) is 0.672. The van der Waals surface area contributed by atoms with Crippen LogP contribution in [0.25, 0.3) is 10.2 Å². The lowest BCUT2D eigenvalue weighted by Gasteiger charge is -2.28. The third-order valence-electron chi connectivity index (χ3n) is 7.56. The first-order chi connectivity index (χ1) is 18.3. The van der Waals surface area contributed by atoms with Crippen LogP contribution in [-0.4, -0.2) is 81.0 Å². The van der Waals surface area contributed by atoms with Gasteiger partial charge in [-0.15, -0.1) is 0 Å². The highest BCUT2D eigenvalue weighted by atomic mass is 32.2. The van der Waals surface area contributed by atoms with Crippen LogP contribution in [0.4, 0.5) is 5.13 Å². The van der Waals surface area contributed by atoms with E-state index >= 15 is 0 Å². The van der Waals surface area contributed by atoms with Gasteiger partial charge in [-0.2, -0.15) is 4.31 Å². The summed E-state index contributed by atoms with van der Waals surface area (Å²) in [4.78, 5) is 23.1. The molecule has 3 heterocycles. The van der Waals surface area contributed by atoms with Crippen LogP contribution in [0.15, 0.2) is 41.3 Å². The maximum absolute atomic E-state index is 13.8. The first kappa shape index (κ1) is 27.2. The highest BCUT2D eigenvalue weighted by Crippen LogP contribution is 2.33. The third-order valence-corrected chi connectivity index (χ3v) is 10.5. The number of hydrogen-bond donors (Lipinski definition) is 0. The van der Waals surface area contributed by atoms with Crippen molar-refractivity contribution < 1.29 is 17.9 Å². The van der Waals surface area contributed by atoms with E-state index in [4.69, 9.17) is 9.72 Å². The zero-order chi connectivity index (χ0) is 26.7. The summed E-state index contributed by atoms with van der Waals surface area (Å²) in [6.07, 6.45) is 3.64. The average Bonchev–Trinajstić information content (AvgIpc) is 3.39. The second kappa shape index (κ2) is 11.8. The highest BCUT2D eigenvalue weighted by Gasteiger charge is 2.27. The summed E-state index contributed by atoms with van der Waals surface area (Å²) < 4.78 is 34.2. The Labute approximate surface area is 229 Å². The van der Waals surface area contributed by atoms with Crippen LogP contribution in [0.1, 0.15) is 47.2 Å². The smallest absolute Gasteiger partial charge is 0.260 e. The number of hydrogen-bond acceptors (Lipinski definition) is 7. The number of anilines is 1. The lowest BCUT2D eigenvalue weighted by Crippen LogP contribution is -2.39. The van der Waals surface area contributed by atoms with E-state index in [9.17, 15) is 13.2 Å². The fraction of sp³-hybridized carbons (Fsp3) is 0.500. The van der Waals surface area contributed by atoms with Crippen LogP contribution in [0, 0.1) is 13.8 Å². The minimum absolute atomic E-state index is 0.165. The quantitative estimate of drug-likeness (QED) is 0.408. The van der Waals surface area contributed by atoms with Crippen LogP contribution in [0.2, 0.25) is 0 Å². The molecule has 0 unspecified atom stereocenters. The van der Waals surface area contributed by atoms with Crippen molar-refractivity contribution in [1.82, 2.24) is 14.2 Å². The van der Waals surface area contributed by atoms with E-state index in [2.05, 4.69) is 30.9 Å². The van der Waals surface area contributed by atoms with Crippen LogP contribution >= 0.6 is 11.3 Å². The molecule has 38 heavy (non-hydrogen) atoms. The number of fused-ring (bicyclic) bond motifs is 1. The summed E-state index contributed by atoms with van der Waals surface area (Å²) in [6.45, 7) is 9.93. The number of aromatic nitrogens is 1. The number of morpholine rings is 1. The summed E-state index contributed by atoms with van der Waals surface area (Å²) in [6, 6.07) is 10.6. The molecule has 2 fully saturated rings. The minimum atomic E-state index is -3.55. The van der Waals surface area contributed by atoms with Gasteiger partial charge in [0.15, 0.2) is 5.13 Å². The molecule has 8 nitrogen and oxygen atoms in total. The van der Waals surface area contributed by atoms with Gasteiger partial charge in [-0.1, -0.05) is 23.8 Å². The summed E-state index contributed by atoms with van der Waals surface area (Å²) >= 11 is 1.52. The normalized spacial score (nSPS) is 17.6. The van der Waals surface area contributed by atoms with E-state index in [1.165, 1.54) is 16.9 Å². The van der Waals surface area contributed by atoms with Crippen molar-refractivity contribution in [3.05, 3.63) is 53.1 Å². The van der Waals surface area contributed by atoms with Crippen LogP contribution in [0.5, 0.6) is 0 Å². The lowest BCUT2D eigenvalue weighted by molar-refractivity contribution is 0.0376. The van der Waals surface area contributed by atoms with Crippen molar-refractivity contribution in [2.75, 3.05) is 57.4 Å². The van der Waals surface area contributed by atoms with Gasteiger partial charge in [0.1, 0.15) is 0 Å². The molecular formula is C28H36N4O4S2. The van der Waals surface area contributed by atoms with Crippen LogP contribution < -0.4 is 4.90 Å². The fourth-order valence-electron chi connectivity index (χ4n) is 5.07. The van der Waals surface area contributed by atoms with Crippen molar-refractivity contribution in [2.24, 2.45) is 0 Å². The number of aryl methyl sites for hydroxylation is 2. The van der Waals surface area contributed by atoms with Gasteiger partial charge in [0.2, 0.25) is 10.0 Å². The number of piperidine rings is 1. The van der Waals surface area contributed by atoms with Gasteiger partial charge in [-0.25, -0.2) is 13.4 Å². The van der Waals surface area contributed by atoms with E-state index < -0.39 is 10.0 Å². The molecule has 0 saturated carbocycles. The van der Waals surface area contributed by atoms with Crippen molar-refractivity contribution in [1.29, 1.82) is 0 Å². The van der Waals surface area contributed by atoms with E-state index in [-0.39, 0.29) is 10.8 Å². The second-order valence-electron chi connectivity index (χ2n) is 10.1. The molecule has 0 radical (unpaired) electrons. The number of thiazole rings is 1. The maximum Gasteiger partial charge on any atom is 0.260 e. The predicted octanol–water partition coefficient (Wildman–Crippen LogP) is 4.46. The first-order valence-corrected chi connectivity index (χ1v) is 15.7. The molecule has 2 aliphatic heterocycles. The predicted molar refractivity (Wildman–Crippen MR) is 152 cm³/mol. The van der Waals surface area contributed by atoms with Gasteiger partial charge in [0.25, 0.3) is 5.91 Å². The number of amides is 1. The SMILES string of the molecule is Cc1ccc2sc(N(CCCN3CCOCC3)C(=O)c3ccc(S(=O)(=O)N4CCCCC4)cc3)nc2c1C. The Bertz CT molecular complexity index is 1380. The van der Waals surface area contributed by atoms with Gasteiger partial charge in [0.05, 0.1) is 28.3 Å². The van der Waals surface area contributed by atoms with Crippen molar-refractivity contribution >= 4 is 42.6 Å². The topological polar surface area (TPSA) is 83.0 Å². The standard InChI is InChI=1S/C28H36N4O4S2/c1-21-7-12-25-26(22(21)2)29-28(37-25)32(16-6-13-30-17-19-36-20-18-30)27(33)23-8-10-24(11-9-23)38(34,35)31-14-4-3-5-15-31/h7-12H,3-6,13-20H2,1-2H3. The zero-order valence-electron chi connectivity index (χ0n) is 22.2. The van der Waals surface area contributed by atoms with Gasteiger partial charge in [-0.3, -0.25) is 14.6 Å². The molecule has 2 saturated heterocycles. The van der Waals surface area contributed by atoms with Gasteiger partial charge >= 0.3 is 0 Å². The molecule has 0 atom stereocenters. The minimum Gasteiger partial charge on any atom is -0.379 e. The Morgan fingerprint density at radius 1 is 1.00 bits per heavy atom. The zero-order valence-corrected chi connectivity index (χ0v) is 23.8. The number of carbonyl (C=O) groups excluding carboxylic acids is 1. The maximum atomic E-state index is 13.8. The number of benzene rings is 2. The summed E-state index contributed by atoms with van der Waals surface area (Å²) in [7, 11) is -3.55. The van der Waals surface area contributed by atoms with Crippen molar-refractivity contribution in [2.45, 2.75) is 44.4 Å². The number of sulfonamides is 1. The fourth-order valence-corrected chi connectivity index (χ4v) is 7.64. The number of ether oxygens (including phenoxy) is 1. The van der Waals surface area contributed by atoms with E-state index in [1.807, 2.05) is 0 Å². The number of carbonyl (C=O) groups is 1. The highest BCUT2D eigenvalue weighted by molar-refractivity contribution is 7.89. The van der Waals surface area contributed by atoms with Gasteiger partial charge < -0.3 is 4.74 Å². The first-order valence-electron chi connectivity index (χ1n) is 13.4. The Morgan fingerprint density at radius 2 is 1.71 bits per heavy atom. The molecule has 204 valence electrons. The molecular weight excluding hydrogens is 520 g/mol. The Balaban J connectivity index is 1.39.